The second kappa shape index (κ2) is 7.05. The van der Waals surface area contributed by atoms with Gasteiger partial charge < -0.3 is 15.2 Å². The molecule has 0 aromatic heterocycles. The summed E-state index contributed by atoms with van der Waals surface area (Å²) >= 11 is 0. The predicted molar refractivity (Wildman–Crippen MR) is 81.9 cm³/mol. The molecular weight excluding hydrogens is 266 g/mol. The highest BCUT2D eigenvalue weighted by Crippen LogP contribution is 2.32. The van der Waals surface area contributed by atoms with Crippen molar-refractivity contribution in [2.45, 2.75) is 51.2 Å². The van der Waals surface area contributed by atoms with Gasteiger partial charge in [0.1, 0.15) is 5.54 Å². The largest absolute Gasteiger partial charge is 0.465 e. The average molecular weight is 291 g/mol. The van der Waals surface area contributed by atoms with Crippen LogP contribution in [0.25, 0.3) is 0 Å². The number of esters is 1. The number of rotatable bonds is 6. The van der Waals surface area contributed by atoms with E-state index in [4.69, 9.17) is 15.2 Å². The van der Waals surface area contributed by atoms with Gasteiger partial charge in [-0.1, -0.05) is 24.3 Å². The molecule has 2 unspecified atom stereocenters. The van der Waals surface area contributed by atoms with E-state index in [0.717, 1.165) is 19.3 Å². The Morgan fingerprint density at radius 2 is 2.19 bits per heavy atom. The van der Waals surface area contributed by atoms with Crippen LogP contribution < -0.4 is 5.73 Å². The van der Waals surface area contributed by atoms with Gasteiger partial charge in [0.25, 0.3) is 0 Å². The van der Waals surface area contributed by atoms with Gasteiger partial charge >= 0.3 is 5.97 Å². The molecule has 0 saturated heterocycles. The van der Waals surface area contributed by atoms with E-state index in [2.05, 4.69) is 18.2 Å². The normalized spacial score (nSPS) is 20.4. The number of carbonyl (C=O) groups excluding carboxylic acids is 1. The van der Waals surface area contributed by atoms with E-state index in [1.54, 1.807) is 13.8 Å². The lowest BCUT2D eigenvalue weighted by molar-refractivity contribution is -0.150. The van der Waals surface area contributed by atoms with Crippen LogP contribution in [0, 0.1) is 0 Å². The summed E-state index contributed by atoms with van der Waals surface area (Å²) in [7, 11) is 0. The monoisotopic (exact) mass is 291 g/mol. The Hall–Kier alpha value is -1.39. The Morgan fingerprint density at radius 1 is 1.43 bits per heavy atom. The van der Waals surface area contributed by atoms with E-state index in [9.17, 15) is 4.79 Å². The van der Waals surface area contributed by atoms with Crippen molar-refractivity contribution in [3.8, 4) is 0 Å². The Labute approximate surface area is 126 Å². The van der Waals surface area contributed by atoms with Gasteiger partial charge in [-0.05, 0) is 50.7 Å². The molecule has 0 bridgehead atoms. The van der Waals surface area contributed by atoms with Crippen LogP contribution in [0.1, 0.15) is 50.3 Å². The topological polar surface area (TPSA) is 61.5 Å². The molecule has 0 saturated carbocycles. The molecule has 1 aromatic rings. The number of hydrogen-bond donors (Lipinski definition) is 1. The molecule has 4 heteroatoms. The second-order valence-corrected chi connectivity index (χ2v) is 5.84. The van der Waals surface area contributed by atoms with Crippen LogP contribution in [0.5, 0.6) is 0 Å². The van der Waals surface area contributed by atoms with Crippen molar-refractivity contribution >= 4 is 5.97 Å². The SMILES string of the molecule is CCOC(=O)C(C)(N)CCOC1CCCc2ccccc21. The van der Waals surface area contributed by atoms with Crippen molar-refractivity contribution in [3.63, 3.8) is 0 Å². The first-order chi connectivity index (χ1) is 10.0. The fraction of sp³-hybridized carbons (Fsp3) is 0.588. The van der Waals surface area contributed by atoms with Crippen molar-refractivity contribution in [2.24, 2.45) is 5.73 Å². The lowest BCUT2D eigenvalue weighted by Gasteiger charge is -2.27. The standard InChI is InChI=1S/C17H25NO3/c1-3-20-16(19)17(2,18)11-12-21-15-10-6-8-13-7-4-5-9-14(13)15/h4-5,7,9,15H,3,6,8,10-12,18H2,1-2H3. The first-order valence-electron chi connectivity index (χ1n) is 7.70. The summed E-state index contributed by atoms with van der Waals surface area (Å²) in [4.78, 5) is 11.7. The lowest BCUT2D eigenvalue weighted by Crippen LogP contribution is -2.47. The predicted octanol–water partition coefficient (Wildman–Crippen LogP) is 2.75. The molecule has 1 aliphatic carbocycles. The molecule has 0 radical (unpaired) electrons. The summed E-state index contributed by atoms with van der Waals surface area (Å²) in [6.45, 7) is 4.29. The zero-order valence-corrected chi connectivity index (χ0v) is 12.9. The van der Waals surface area contributed by atoms with E-state index in [1.165, 1.54) is 11.1 Å². The van der Waals surface area contributed by atoms with E-state index < -0.39 is 5.54 Å². The molecule has 116 valence electrons. The van der Waals surface area contributed by atoms with E-state index >= 15 is 0 Å². The van der Waals surface area contributed by atoms with Crippen molar-refractivity contribution in [1.82, 2.24) is 0 Å². The highest BCUT2D eigenvalue weighted by molar-refractivity contribution is 5.79. The van der Waals surface area contributed by atoms with Gasteiger partial charge in [-0.2, -0.15) is 0 Å². The molecule has 21 heavy (non-hydrogen) atoms. The fourth-order valence-electron chi connectivity index (χ4n) is 2.69. The molecule has 0 aliphatic heterocycles. The first kappa shape index (κ1) is 16.0. The highest BCUT2D eigenvalue weighted by atomic mass is 16.5. The molecule has 2 N–H and O–H groups in total. The smallest absolute Gasteiger partial charge is 0.325 e. The van der Waals surface area contributed by atoms with Gasteiger partial charge in [0.2, 0.25) is 0 Å². The molecule has 1 aromatic carbocycles. The van der Waals surface area contributed by atoms with Crippen LogP contribution in [0.2, 0.25) is 0 Å². The molecule has 2 rings (SSSR count). The van der Waals surface area contributed by atoms with E-state index in [0.29, 0.717) is 19.6 Å². The zero-order chi connectivity index (χ0) is 15.3. The average Bonchev–Trinajstić information content (AvgIpc) is 2.47. The minimum atomic E-state index is -0.982. The van der Waals surface area contributed by atoms with Crippen LogP contribution in [-0.2, 0) is 20.7 Å². The van der Waals surface area contributed by atoms with Crippen molar-refractivity contribution < 1.29 is 14.3 Å². The number of nitrogens with two attached hydrogens (primary N) is 1. The second-order valence-electron chi connectivity index (χ2n) is 5.84. The quantitative estimate of drug-likeness (QED) is 0.819. The van der Waals surface area contributed by atoms with Crippen molar-refractivity contribution in [1.29, 1.82) is 0 Å². The summed E-state index contributed by atoms with van der Waals surface area (Å²) in [5.74, 6) is -0.363. The van der Waals surface area contributed by atoms with Gasteiger partial charge in [0.15, 0.2) is 0 Å². The minimum absolute atomic E-state index is 0.118. The maximum atomic E-state index is 11.7. The van der Waals surface area contributed by atoms with Gasteiger partial charge in [0.05, 0.1) is 12.7 Å². The van der Waals surface area contributed by atoms with Crippen LogP contribution in [0.4, 0.5) is 0 Å². The Morgan fingerprint density at radius 3 is 2.95 bits per heavy atom. The molecule has 4 nitrogen and oxygen atoms in total. The molecule has 1 aliphatic rings. The van der Waals surface area contributed by atoms with Gasteiger partial charge in [-0.25, -0.2) is 0 Å². The van der Waals surface area contributed by atoms with Gasteiger partial charge in [-0.15, -0.1) is 0 Å². The van der Waals surface area contributed by atoms with E-state index in [-0.39, 0.29) is 12.1 Å². The first-order valence-corrected chi connectivity index (χ1v) is 7.70. The third kappa shape index (κ3) is 4.05. The number of fused-ring (bicyclic) bond motifs is 1. The molecule has 2 atom stereocenters. The highest BCUT2D eigenvalue weighted by Gasteiger charge is 2.30. The summed E-state index contributed by atoms with van der Waals surface area (Å²) in [5.41, 5.74) is 7.67. The molecular formula is C17H25NO3. The zero-order valence-electron chi connectivity index (χ0n) is 12.9. The van der Waals surface area contributed by atoms with Crippen LogP contribution in [-0.4, -0.2) is 24.7 Å². The Balaban J connectivity index is 1.88. The summed E-state index contributed by atoms with van der Waals surface area (Å²) in [5, 5.41) is 0. The number of benzene rings is 1. The number of carbonyl (C=O) groups is 1. The van der Waals surface area contributed by atoms with Crippen molar-refractivity contribution in [2.75, 3.05) is 13.2 Å². The van der Waals surface area contributed by atoms with Gasteiger partial charge in [-0.3, -0.25) is 4.79 Å². The van der Waals surface area contributed by atoms with Gasteiger partial charge in [0, 0.05) is 6.61 Å². The van der Waals surface area contributed by atoms with Crippen LogP contribution >= 0.6 is 0 Å². The molecule has 0 amide bonds. The van der Waals surface area contributed by atoms with Crippen LogP contribution in [0.3, 0.4) is 0 Å². The summed E-state index contributed by atoms with van der Waals surface area (Å²) in [6.07, 6.45) is 3.86. The minimum Gasteiger partial charge on any atom is -0.465 e. The Bertz CT molecular complexity index is 485. The summed E-state index contributed by atoms with van der Waals surface area (Å²) in [6, 6.07) is 8.41. The third-order valence-electron chi connectivity index (χ3n) is 4.00. The molecule has 0 heterocycles. The Kier molecular flexibility index (Phi) is 5.37. The maximum absolute atomic E-state index is 11.7. The lowest BCUT2D eigenvalue weighted by atomic mass is 9.89. The number of hydrogen-bond acceptors (Lipinski definition) is 4. The van der Waals surface area contributed by atoms with Crippen LogP contribution in [0.15, 0.2) is 24.3 Å². The maximum Gasteiger partial charge on any atom is 0.325 e. The molecule has 0 spiro atoms. The fourth-order valence-corrected chi connectivity index (χ4v) is 2.69. The number of aryl methyl sites for hydroxylation is 1. The third-order valence-corrected chi connectivity index (χ3v) is 4.00. The van der Waals surface area contributed by atoms with E-state index in [1.807, 2.05) is 6.07 Å². The number of ether oxygens (including phenoxy) is 2. The molecule has 0 fully saturated rings. The summed E-state index contributed by atoms with van der Waals surface area (Å²) < 4.78 is 11.0. The van der Waals surface area contributed by atoms with Crippen molar-refractivity contribution in [3.05, 3.63) is 35.4 Å².